The number of aliphatic imine (C=N–C) groups is 1. The number of nitrogens with zero attached hydrogens (tertiary/aromatic N) is 3. The second-order valence-electron chi connectivity index (χ2n) is 4.32. The summed E-state index contributed by atoms with van der Waals surface area (Å²) in [6.07, 6.45) is 3.67. The zero-order valence-electron chi connectivity index (χ0n) is 10.4. The van der Waals surface area contributed by atoms with Crippen LogP contribution in [0.5, 0.6) is 0 Å². The number of hydrogen-bond donors (Lipinski definition) is 0. The Labute approximate surface area is 116 Å². The summed E-state index contributed by atoms with van der Waals surface area (Å²) < 4.78 is 1.85. The molecule has 0 bridgehead atoms. The van der Waals surface area contributed by atoms with E-state index in [1.54, 1.807) is 0 Å². The van der Waals surface area contributed by atoms with Gasteiger partial charge >= 0.3 is 0 Å². The number of rotatable bonds is 2. The van der Waals surface area contributed by atoms with E-state index in [4.69, 9.17) is 11.6 Å². The van der Waals surface area contributed by atoms with Crippen molar-refractivity contribution >= 4 is 34.4 Å². The molecule has 0 fully saturated rings. The Hall–Kier alpha value is -2.13. The predicted octanol–water partition coefficient (Wildman–Crippen LogP) is 3.98. The van der Waals surface area contributed by atoms with Crippen molar-refractivity contribution in [3.05, 3.63) is 59.2 Å². The minimum atomic E-state index is 0.730. The van der Waals surface area contributed by atoms with Crippen LogP contribution in [-0.4, -0.2) is 16.0 Å². The molecule has 0 radical (unpaired) electrons. The second kappa shape index (κ2) is 4.86. The third kappa shape index (κ3) is 2.51. The van der Waals surface area contributed by atoms with Crippen molar-refractivity contribution in [2.24, 2.45) is 12.0 Å². The normalized spacial score (nSPS) is 11.5. The van der Waals surface area contributed by atoms with Crippen LogP contribution in [0.3, 0.4) is 0 Å². The molecule has 0 aliphatic heterocycles. The molecule has 1 heterocycles. The highest BCUT2D eigenvalue weighted by molar-refractivity contribution is 6.30. The predicted molar refractivity (Wildman–Crippen MR) is 79.4 cm³/mol. The number of aryl methyl sites for hydroxylation is 1. The number of benzene rings is 2. The van der Waals surface area contributed by atoms with Crippen molar-refractivity contribution < 1.29 is 0 Å². The Balaban J connectivity index is 1.90. The van der Waals surface area contributed by atoms with E-state index in [1.165, 1.54) is 0 Å². The molecule has 0 atom stereocenters. The fourth-order valence-corrected chi connectivity index (χ4v) is 2.06. The molecule has 0 spiro atoms. The summed E-state index contributed by atoms with van der Waals surface area (Å²) in [6, 6.07) is 13.6. The fraction of sp³-hybridized carbons (Fsp3) is 0.0667. The molecule has 0 saturated carbocycles. The van der Waals surface area contributed by atoms with Crippen molar-refractivity contribution in [1.82, 2.24) is 9.78 Å². The molecule has 0 unspecified atom stereocenters. The summed E-state index contributed by atoms with van der Waals surface area (Å²) in [7, 11) is 1.93. The lowest BCUT2D eigenvalue weighted by molar-refractivity contribution is 0.797. The van der Waals surface area contributed by atoms with Crippen LogP contribution < -0.4 is 0 Å². The smallest absolute Gasteiger partial charge is 0.0680 e. The van der Waals surface area contributed by atoms with Crippen LogP contribution in [0.1, 0.15) is 5.56 Å². The standard InChI is InChI=1S/C15H12ClN3/c1-19-15-7-6-14(8-12(15)10-18-19)17-9-11-2-4-13(16)5-3-11/h2-10H,1H3. The van der Waals surface area contributed by atoms with Gasteiger partial charge < -0.3 is 0 Å². The highest BCUT2D eigenvalue weighted by Crippen LogP contribution is 2.20. The number of halogens is 1. The van der Waals surface area contributed by atoms with Gasteiger partial charge in [0.25, 0.3) is 0 Å². The monoisotopic (exact) mass is 269 g/mol. The highest BCUT2D eigenvalue weighted by Gasteiger charge is 1.99. The minimum absolute atomic E-state index is 0.730. The van der Waals surface area contributed by atoms with E-state index in [9.17, 15) is 0 Å². The van der Waals surface area contributed by atoms with Crippen LogP contribution in [0.15, 0.2) is 53.7 Å². The third-order valence-corrected chi connectivity index (χ3v) is 3.21. The van der Waals surface area contributed by atoms with Crippen LogP contribution in [-0.2, 0) is 7.05 Å². The molecule has 0 saturated heterocycles. The Kier molecular flexibility index (Phi) is 3.05. The zero-order valence-corrected chi connectivity index (χ0v) is 11.2. The largest absolute Gasteiger partial charge is 0.268 e. The van der Waals surface area contributed by atoms with Gasteiger partial charge in [-0.25, -0.2) is 0 Å². The summed E-state index contributed by atoms with van der Waals surface area (Å²) in [5, 5.41) is 6.04. The SMILES string of the molecule is Cn1ncc2cc(N=Cc3ccc(Cl)cc3)ccc21. The maximum Gasteiger partial charge on any atom is 0.0680 e. The van der Waals surface area contributed by atoms with E-state index in [2.05, 4.69) is 10.1 Å². The summed E-state index contributed by atoms with van der Waals surface area (Å²) in [4.78, 5) is 4.46. The van der Waals surface area contributed by atoms with Gasteiger partial charge in [-0.15, -0.1) is 0 Å². The molecule has 2 aromatic carbocycles. The first-order valence-electron chi connectivity index (χ1n) is 5.94. The topological polar surface area (TPSA) is 30.2 Å². The molecule has 1 aromatic heterocycles. The Morgan fingerprint density at radius 2 is 1.95 bits per heavy atom. The molecule has 0 N–H and O–H groups in total. The first kappa shape index (κ1) is 11.9. The minimum Gasteiger partial charge on any atom is -0.268 e. The lowest BCUT2D eigenvalue weighted by atomic mass is 10.2. The lowest BCUT2D eigenvalue weighted by Gasteiger charge is -1.97. The fourth-order valence-electron chi connectivity index (χ4n) is 1.93. The van der Waals surface area contributed by atoms with E-state index in [0.717, 1.165) is 27.2 Å². The molecule has 94 valence electrons. The summed E-state index contributed by atoms with van der Waals surface area (Å²) >= 11 is 5.84. The van der Waals surface area contributed by atoms with Crippen molar-refractivity contribution in [3.8, 4) is 0 Å². The molecule has 0 aliphatic rings. The summed E-state index contributed by atoms with van der Waals surface area (Å²) in [5.41, 5.74) is 3.04. The van der Waals surface area contributed by atoms with Crippen molar-refractivity contribution in [2.75, 3.05) is 0 Å². The Bertz CT molecular complexity index is 742. The van der Waals surface area contributed by atoms with Gasteiger partial charge in [0.2, 0.25) is 0 Å². The van der Waals surface area contributed by atoms with E-state index < -0.39 is 0 Å². The summed E-state index contributed by atoms with van der Waals surface area (Å²) in [5.74, 6) is 0. The third-order valence-electron chi connectivity index (χ3n) is 2.96. The quantitative estimate of drug-likeness (QED) is 0.647. The maximum atomic E-state index is 5.84. The van der Waals surface area contributed by atoms with E-state index in [0.29, 0.717) is 0 Å². The number of fused-ring (bicyclic) bond motifs is 1. The molecule has 4 heteroatoms. The first-order chi connectivity index (χ1) is 9.22. The molecule has 19 heavy (non-hydrogen) atoms. The van der Waals surface area contributed by atoms with Crippen molar-refractivity contribution in [3.63, 3.8) is 0 Å². The maximum absolute atomic E-state index is 5.84. The summed E-state index contributed by atoms with van der Waals surface area (Å²) in [6.45, 7) is 0. The molecule has 3 rings (SSSR count). The van der Waals surface area contributed by atoms with Crippen LogP contribution in [0.4, 0.5) is 5.69 Å². The van der Waals surface area contributed by atoms with Crippen LogP contribution in [0.2, 0.25) is 5.02 Å². The molecule has 0 amide bonds. The zero-order chi connectivity index (χ0) is 13.2. The van der Waals surface area contributed by atoms with E-state index in [-0.39, 0.29) is 0 Å². The molecular weight excluding hydrogens is 258 g/mol. The van der Waals surface area contributed by atoms with Gasteiger partial charge in [0.1, 0.15) is 0 Å². The van der Waals surface area contributed by atoms with Crippen LogP contribution >= 0.6 is 11.6 Å². The second-order valence-corrected chi connectivity index (χ2v) is 4.76. The van der Waals surface area contributed by atoms with Gasteiger partial charge in [-0.3, -0.25) is 9.67 Å². The van der Waals surface area contributed by atoms with Gasteiger partial charge in [0, 0.05) is 23.7 Å². The van der Waals surface area contributed by atoms with Crippen molar-refractivity contribution in [2.45, 2.75) is 0 Å². The van der Waals surface area contributed by atoms with Crippen molar-refractivity contribution in [1.29, 1.82) is 0 Å². The Morgan fingerprint density at radius 1 is 1.16 bits per heavy atom. The first-order valence-corrected chi connectivity index (χ1v) is 6.31. The van der Waals surface area contributed by atoms with Gasteiger partial charge in [-0.2, -0.15) is 5.10 Å². The average molecular weight is 270 g/mol. The molecule has 3 aromatic rings. The van der Waals surface area contributed by atoms with Gasteiger partial charge in [-0.1, -0.05) is 23.7 Å². The Morgan fingerprint density at radius 3 is 2.74 bits per heavy atom. The number of aromatic nitrogens is 2. The molecular formula is C15H12ClN3. The number of hydrogen-bond acceptors (Lipinski definition) is 2. The lowest BCUT2D eigenvalue weighted by Crippen LogP contribution is -1.87. The van der Waals surface area contributed by atoms with Gasteiger partial charge in [-0.05, 0) is 35.9 Å². The molecule has 3 nitrogen and oxygen atoms in total. The molecule has 0 aliphatic carbocycles. The average Bonchev–Trinajstić information content (AvgIpc) is 2.79. The van der Waals surface area contributed by atoms with E-state index in [1.807, 2.05) is 66.6 Å². The van der Waals surface area contributed by atoms with Crippen LogP contribution in [0.25, 0.3) is 10.9 Å². The van der Waals surface area contributed by atoms with E-state index >= 15 is 0 Å². The van der Waals surface area contributed by atoms with Crippen LogP contribution in [0, 0.1) is 0 Å². The highest BCUT2D eigenvalue weighted by atomic mass is 35.5. The van der Waals surface area contributed by atoms with Gasteiger partial charge in [0.05, 0.1) is 17.4 Å². The van der Waals surface area contributed by atoms with Gasteiger partial charge in [0.15, 0.2) is 0 Å².